The molecule has 222 valence electrons. The number of nitrogens with zero attached hydrogens (tertiary/aromatic N) is 4. The molecule has 0 saturated heterocycles. The molecule has 4 heteroatoms. The second kappa shape index (κ2) is 10.9. The molecular weight excluding hydrogens is 585 g/mol. The van der Waals surface area contributed by atoms with Gasteiger partial charge >= 0.3 is 0 Å². The van der Waals surface area contributed by atoms with Crippen molar-refractivity contribution < 1.29 is 0 Å². The first-order valence-corrected chi connectivity index (χ1v) is 15.9. The van der Waals surface area contributed by atoms with Crippen LogP contribution in [0.3, 0.4) is 0 Å². The van der Waals surface area contributed by atoms with Gasteiger partial charge in [-0.1, -0.05) is 115 Å². The predicted molar refractivity (Wildman–Crippen MR) is 197 cm³/mol. The molecule has 0 aliphatic heterocycles. The zero-order chi connectivity index (χ0) is 32.2. The van der Waals surface area contributed by atoms with Crippen LogP contribution < -0.4 is 0 Å². The first-order chi connectivity index (χ1) is 23.7. The van der Waals surface area contributed by atoms with E-state index in [1.807, 2.05) is 36.4 Å². The van der Waals surface area contributed by atoms with Gasteiger partial charge in [0.2, 0.25) is 5.69 Å². The van der Waals surface area contributed by atoms with Gasteiger partial charge in [0.25, 0.3) is 0 Å². The number of hydrogen-bond donors (Lipinski definition) is 0. The fourth-order valence-electron chi connectivity index (χ4n) is 7.29. The molecule has 7 aromatic carbocycles. The van der Waals surface area contributed by atoms with E-state index in [0.717, 1.165) is 77.2 Å². The Bertz CT molecular complexity index is 2760. The van der Waals surface area contributed by atoms with Crippen LogP contribution >= 0.6 is 0 Å². The van der Waals surface area contributed by atoms with Gasteiger partial charge in [-0.15, -0.1) is 0 Å². The highest BCUT2D eigenvalue weighted by molar-refractivity contribution is 6.14. The summed E-state index contributed by atoms with van der Waals surface area (Å²) in [7, 11) is 0. The van der Waals surface area contributed by atoms with Crippen LogP contribution in [0, 0.1) is 17.9 Å². The van der Waals surface area contributed by atoms with Crippen molar-refractivity contribution in [3.63, 3.8) is 0 Å². The summed E-state index contributed by atoms with van der Waals surface area (Å²) in [6.07, 6.45) is 0. The van der Waals surface area contributed by atoms with Gasteiger partial charge in [0, 0.05) is 21.7 Å². The van der Waals surface area contributed by atoms with Crippen LogP contribution in [-0.4, -0.2) is 9.13 Å². The van der Waals surface area contributed by atoms with Gasteiger partial charge < -0.3 is 9.13 Å². The minimum atomic E-state index is 0.619. The first kappa shape index (κ1) is 27.4. The van der Waals surface area contributed by atoms with Gasteiger partial charge in [-0.2, -0.15) is 5.26 Å². The highest BCUT2D eigenvalue weighted by Crippen LogP contribution is 2.41. The van der Waals surface area contributed by atoms with E-state index in [2.05, 4.69) is 141 Å². The van der Waals surface area contributed by atoms with Crippen LogP contribution in [-0.2, 0) is 0 Å². The summed E-state index contributed by atoms with van der Waals surface area (Å²) in [5.74, 6) is 0. The minimum Gasteiger partial charge on any atom is -0.318 e. The maximum Gasteiger partial charge on any atom is 0.211 e. The fourth-order valence-corrected chi connectivity index (χ4v) is 7.29. The molecule has 0 aliphatic carbocycles. The number of aromatic nitrogens is 2. The zero-order valence-corrected chi connectivity index (χ0v) is 25.8. The Kier molecular flexibility index (Phi) is 6.22. The van der Waals surface area contributed by atoms with E-state index in [1.54, 1.807) is 0 Å². The molecule has 9 rings (SSSR count). The Morgan fingerprint density at radius 1 is 0.479 bits per heavy atom. The minimum absolute atomic E-state index is 0.619. The van der Waals surface area contributed by atoms with Crippen LogP contribution in [0.15, 0.2) is 158 Å². The zero-order valence-electron chi connectivity index (χ0n) is 25.8. The lowest BCUT2D eigenvalue weighted by molar-refractivity contribution is 1.17. The van der Waals surface area contributed by atoms with Gasteiger partial charge in [0.15, 0.2) is 0 Å². The monoisotopic (exact) mass is 610 g/mol. The topological polar surface area (TPSA) is 38.0 Å². The molecule has 2 aromatic heterocycles. The van der Waals surface area contributed by atoms with Gasteiger partial charge in [0.1, 0.15) is 6.07 Å². The van der Waals surface area contributed by atoms with E-state index in [1.165, 1.54) is 0 Å². The van der Waals surface area contributed by atoms with E-state index >= 15 is 0 Å². The molecule has 9 aromatic rings. The molecular formula is C44H26N4. The van der Waals surface area contributed by atoms with E-state index in [4.69, 9.17) is 6.57 Å². The van der Waals surface area contributed by atoms with Gasteiger partial charge in [-0.05, 0) is 64.5 Å². The molecule has 0 fully saturated rings. The van der Waals surface area contributed by atoms with Crippen LogP contribution in [0.2, 0.25) is 0 Å². The third-order valence-electron chi connectivity index (χ3n) is 9.38. The second-order valence-electron chi connectivity index (χ2n) is 11.9. The Morgan fingerprint density at radius 2 is 1.04 bits per heavy atom. The quantitative estimate of drug-likeness (QED) is 0.183. The lowest BCUT2D eigenvalue weighted by atomic mass is 9.96. The first-order valence-electron chi connectivity index (χ1n) is 15.9. The normalized spacial score (nSPS) is 11.3. The summed E-state index contributed by atoms with van der Waals surface area (Å²) >= 11 is 0. The average molecular weight is 611 g/mol. The summed E-state index contributed by atoms with van der Waals surface area (Å²) in [6.45, 7) is 7.98. The van der Waals surface area contributed by atoms with Crippen LogP contribution in [0.5, 0.6) is 0 Å². The average Bonchev–Trinajstić information content (AvgIpc) is 3.68. The second-order valence-corrected chi connectivity index (χ2v) is 11.9. The van der Waals surface area contributed by atoms with E-state index in [9.17, 15) is 5.26 Å². The molecule has 48 heavy (non-hydrogen) atoms. The van der Waals surface area contributed by atoms with Crippen molar-refractivity contribution in [2.24, 2.45) is 0 Å². The summed E-state index contributed by atoms with van der Waals surface area (Å²) < 4.78 is 4.45. The van der Waals surface area contributed by atoms with Crippen molar-refractivity contribution in [3.05, 3.63) is 175 Å². The molecule has 0 aliphatic rings. The van der Waals surface area contributed by atoms with Crippen LogP contribution in [0.25, 0.3) is 82.1 Å². The molecule has 0 spiro atoms. The molecule has 0 bridgehead atoms. The van der Waals surface area contributed by atoms with Crippen molar-refractivity contribution in [2.75, 3.05) is 0 Å². The number of hydrogen-bond acceptors (Lipinski definition) is 1. The summed E-state index contributed by atoms with van der Waals surface area (Å²) in [5, 5.41) is 14.7. The Labute approximate surface area is 277 Å². The van der Waals surface area contributed by atoms with Crippen molar-refractivity contribution in [2.45, 2.75) is 0 Å². The lowest BCUT2D eigenvalue weighted by Crippen LogP contribution is -1.98. The smallest absolute Gasteiger partial charge is 0.211 e. The summed E-state index contributed by atoms with van der Waals surface area (Å²) in [4.78, 5) is 3.92. The van der Waals surface area contributed by atoms with Crippen molar-refractivity contribution in [1.29, 1.82) is 5.26 Å². The molecule has 0 atom stereocenters. The predicted octanol–water partition coefficient (Wildman–Crippen LogP) is 11.6. The Balaban J connectivity index is 1.24. The summed E-state index contributed by atoms with van der Waals surface area (Å²) in [6, 6.07) is 56.6. The van der Waals surface area contributed by atoms with Crippen LogP contribution in [0.4, 0.5) is 5.69 Å². The third-order valence-corrected chi connectivity index (χ3v) is 9.38. The SMILES string of the molecule is [C-]#[N+]c1cccc2c3ccccc3n(-c3ccccc3-c3cccc(-c4ccc(C#N)c(-n5c6ccccc6c6ccccc65)c4)c3)c12. The number of para-hydroxylation sites is 5. The molecule has 4 nitrogen and oxygen atoms in total. The fraction of sp³-hybridized carbons (Fsp3) is 0. The molecule has 0 saturated carbocycles. The third kappa shape index (κ3) is 4.07. The molecule has 0 N–H and O–H groups in total. The highest BCUT2D eigenvalue weighted by atomic mass is 15.0. The highest BCUT2D eigenvalue weighted by Gasteiger charge is 2.19. The maximum absolute atomic E-state index is 10.2. The van der Waals surface area contributed by atoms with Crippen molar-refractivity contribution in [1.82, 2.24) is 9.13 Å². The number of nitriles is 1. The Morgan fingerprint density at radius 3 is 1.75 bits per heavy atom. The van der Waals surface area contributed by atoms with Gasteiger partial charge in [0.05, 0.1) is 45.6 Å². The van der Waals surface area contributed by atoms with Gasteiger partial charge in [-0.25, -0.2) is 4.85 Å². The lowest BCUT2D eigenvalue weighted by Gasteiger charge is -2.16. The van der Waals surface area contributed by atoms with Gasteiger partial charge in [-0.3, -0.25) is 0 Å². The van der Waals surface area contributed by atoms with E-state index in [0.29, 0.717) is 11.3 Å². The molecule has 0 radical (unpaired) electrons. The molecule has 2 heterocycles. The van der Waals surface area contributed by atoms with Crippen molar-refractivity contribution >= 4 is 49.3 Å². The largest absolute Gasteiger partial charge is 0.318 e. The number of rotatable bonds is 4. The number of fused-ring (bicyclic) bond motifs is 6. The van der Waals surface area contributed by atoms with E-state index < -0.39 is 0 Å². The molecule has 0 amide bonds. The summed E-state index contributed by atoms with van der Waals surface area (Å²) in [5.41, 5.74) is 11.5. The maximum atomic E-state index is 10.2. The molecule has 0 unspecified atom stereocenters. The van der Waals surface area contributed by atoms with Crippen molar-refractivity contribution in [3.8, 4) is 39.7 Å². The van der Waals surface area contributed by atoms with E-state index in [-0.39, 0.29) is 0 Å². The Hall–Kier alpha value is -6.88. The number of benzene rings is 7. The van der Waals surface area contributed by atoms with Crippen LogP contribution in [0.1, 0.15) is 5.56 Å². The standard InChI is InChI=1S/C44H26N4/c1-46-38-19-11-18-37-36-17-5-9-23-42(36)48(44(37)38)39-20-6-2-14-33(39)31-13-10-12-29(26-31)30-24-25-32(28-45)43(27-30)47-40-21-7-3-15-34(40)35-16-4-8-22-41(35)47/h2-27H.